The van der Waals surface area contributed by atoms with Crippen molar-refractivity contribution in [3.05, 3.63) is 70.3 Å². The molecule has 2 aliphatic heterocycles. The lowest BCUT2D eigenvalue weighted by Crippen LogP contribution is -2.50. The average Bonchev–Trinajstić information content (AvgIpc) is 2.75. The molecule has 1 saturated heterocycles. The van der Waals surface area contributed by atoms with E-state index in [1.165, 1.54) is 18.4 Å². The van der Waals surface area contributed by atoms with Crippen LogP contribution >= 0.6 is 11.8 Å². The molecule has 0 spiro atoms. The number of hydrogen-bond donors (Lipinski definition) is 0. The van der Waals surface area contributed by atoms with E-state index in [4.69, 9.17) is 4.42 Å². The second-order valence-corrected chi connectivity index (χ2v) is 7.15. The third-order valence-corrected chi connectivity index (χ3v) is 5.50. The van der Waals surface area contributed by atoms with E-state index in [0.29, 0.717) is 31.7 Å². The standard InChI is InChI=1S/C19H18N4O3S/c24-17-7-6-15(12-26-17)18(25)22-8-10-23(11-9-22)19-21-20-16(13-27-19)14-4-2-1-3-5-14/h1-7,12H,8-11,13H2. The number of carbonyl (C=O) groups excluding carboxylic acids is 1. The fourth-order valence-electron chi connectivity index (χ4n) is 2.98. The molecule has 0 atom stereocenters. The summed E-state index contributed by atoms with van der Waals surface area (Å²) >= 11 is 1.67. The molecule has 138 valence electrons. The zero-order valence-electron chi connectivity index (χ0n) is 14.6. The van der Waals surface area contributed by atoms with Crippen molar-refractivity contribution in [2.24, 2.45) is 10.2 Å². The van der Waals surface area contributed by atoms with Gasteiger partial charge in [-0.1, -0.05) is 42.1 Å². The Morgan fingerprint density at radius 2 is 1.78 bits per heavy atom. The normalized spacial score (nSPS) is 17.3. The Hall–Kier alpha value is -2.87. The predicted octanol–water partition coefficient (Wildman–Crippen LogP) is 1.90. The largest absolute Gasteiger partial charge is 0.430 e. The molecule has 27 heavy (non-hydrogen) atoms. The number of nitrogens with zero attached hydrogens (tertiary/aromatic N) is 4. The van der Waals surface area contributed by atoms with E-state index in [0.717, 1.165) is 22.2 Å². The molecule has 0 radical (unpaired) electrons. The lowest BCUT2D eigenvalue weighted by molar-refractivity contribution is 0.0691. The van der Waals surface area contributed by atoms with Crippen molar-refractivity contribution in [1.82, 2.24) is 9.80 Å². The Balaban J connectivity index is 1.37. The molecule has 0 saturated carbocycles. The highest BCUT2D eigenvalue weighted by molar-refractivity contribution is 8.14. The Labute approximate surface area is 160 Å². The maximum absolute atomic E-state index is 12.5. The third kappa shape index (κ3) is 3.95. The van der Waals surface area contributed by atoms with Crippen molar-refractivity contribution in [3.8, 4) is 0 Å². The first-order chi connectivity index (χ1) is 13.2. The molecule has 3 heterocycles. The smallest absolute Gasteiger partial charge is 0.335 e. The zero-order chi connectivity index (χ0) is 18.6. The van der Waals surface area contributed by atoms with Gasteiger partial charge in [0.2, 0.25) is 0 Å². The Kier molecular flexibility index (Phi) is 5.06. The molecule has 1 amide bonds. The molecule has 0 bridgehead atoms. The van der Waals surface area contributed by atoms with Crippen LogP contribution in [0.15, 0.2) is 68.1 Å². The van der Waals surface area contributed by atoms with Crippen LogP contribution in [0.2, 0.25) is 0 Å². The van der Waals surface area contributed by atoms with E-state index in [-0.39, 0.29) is 5.91 Å². The molecule has 4 rings (SSSR count). The first-order valence-electron chi connectivity index (χ1n) is 8.66. The molecule has 7 nitrogen and oxygen atoms in total. The maximum Gasteiger partial charge on any atom is 0.335 e. The molecule has 2 aromatic rings. The van der Waals surface area contributed by atoms with Crippen LogP contribution in [0.5, 0.6) is 0 Å². The number of carbonyl (C=O) groups is 1. The molecule has 2 aliphatic rings. The first-order valence-corrected chi connectivity index (χ1v) is 9.65. The lowest BCUT2D eigenvalue weighted by Gasteiger charge is -2.36. The van der Waals surface area contributed by atoms with Crippen LogP contribution in [0.4, 0.5) is 0 Å². The van der Waals surface area contributed by atoms with E-state index in [1.807, 2.05) is 30.3 Å². The van der Waals surface area contributed by atoms with Crippen LogP contribution in [0.25, 0.3) is 0 Å². The summed E-state index contributed by atoms with van der Waals surface area (Å²) in [6.07, 6.45) is 1.22. The van der Waals surface area contributed by atoms with Crippen LogP contribution < -0.4 is 5.63 Å². The molecule has 0 unspecified atom stereocenters. The Bertz CT molecular complexity index is 926. The summed E-state index contributed by atoms with van der Waals surface area (Å²) in [5.74, 6) is 0.659. The number of hydrogen-bond acceptors (Lipinski definition) is 7. The number of amidine groups is 1. The monoisotopic (exact) mass is 382 g/mol. The van der Waals surface area contributed by atoms with Gasteiger partial charge in [-0.2, -0.15) is 5.10 Å². The average molecular weight is 382 g/mol. The molecule has 1 aromatic heterocycles. The topological polar surface area (TPSA) is 78.5 Å². The summed E-state index contributed by atoms with van der Waals surface area (Å²) in [4.78, 5) is 27.4. The minimum Gasteiger partial charge on any atom is -0.430 e. The number of thioether (sulfide) groups is 1. The number of piperazine rings is 1. The van der Waals surface area contributed by atoms with Gasteiger partial charge in [-0.05, 0) is 11.6 Å². The van der Waals surface area contributed by atoms with Crippen LogP contribution in [-0.2, 0) is 0 Å². The fraction of sp³-hybridized carbons (Fsp3) is 0.263. The van der Waals surface area contributed by atoms with Gasteiger partial charge in [0.05, 0.1) is 11.3 Å². The molecular formula is C19H18N4O3S. The van der Waals surface area contributed by atoms with Gasteiger partial charge in [0.1, 0.15) is 6.26 Å². The molecule has 8 heteroatoms. The van der Waals surface area contributed by atoms with Crippen molar-refractivity contribution in [2.75, 3.05) is 31.9 Å². The minimum atomic E-state index is -0.459. The highest BCUT2D eigenvalue weighted by atomic mass is 32.2. The van der Waals surface area contributed by atoms with Crippen LogP contribution in [-0.4, -0.2) is 58.5 Å². The number of rotatable bonds is 2. The molecule has 0 aliphatic carbocycles. The second kappa shape index (κ2) is 7.79. The zero-order valence-corrected chi connectivity index (χ0v) is 15.4. The summed E-state index contributed by atoms with van der Waals surface area (Å²) < 4.78 is 4.78. The Morgan fingerprint density at radius 1 is 1.00 bits per heavy atom. The summed E-state index contributed by atoms with van der Waals surface area (Å²) in [6, 6.07) is 12.8. The molecule has 1 fully saturated rings. The van der Waals surface area contributed by atoms with Gasteiger partial charge in [0.15, 0.2) is 5.17 Å². The molecule has 0 N–H and O–H groups in total. The van der Waals surface area contributed by atoms with Gasteiger partial charge in [-0.3, -0.25) is 4.79 Å². The van der Waals surface area contributed by atoms with Gasteiger partial charge in [0, 0.05) is 38.0 Å². The first kappa shape index (κ1) is 17.5. The van der Waals surface area contributed by atoms with Gasteiger partial charge in [0.25, 0.3) is 5.91 Å². The van der Waals surface area contributed by atoms with E-state index >= 15 is 0 Å². The highest BCUT2D eigenvalue weighted by Crippen LogP contribution is 2.20. The minimum absolute atomic E-state index is 0.124. The summed E-state index contributed by atoms with van der Waals surface area (Å²) in [6.45, 7) is 2.58. The van der Waals surface area contributed by atoms with Crippen LogP contribution in [0, 0.1) is 0 Å². The second-order valence-electron chi connectivity index (χ2n) is 6.21. The summed E-state index contributed by atoms with van der Waals surface area (Å²) in [7, 11) is 0. The van der Waals surface area contributed by atoms with Gasteiger partial charge < -0.3 is 14.2 Å². The van der Waals surface area contributed by atoms with Crippen molar-refractivity contribution in [3.63, 3.8) is 0 Å². The van der Waals surface area contributed by atoms with Crippen LogP contribution in [0.3, 0.4) is 0 Å². The SMILES string of the molecule is O=C(c1ccc(=O)oc1)N1CCN(C2=NN=C(c3ccccc3)CS2)CC1. The fourth-order valence-corrected chi connectivity index (χ4v) is 3.94. The van der Waals surface area contributed by atoms with Gasteiger partial charge >= 0.3 is 5.63 Å². The summed E-state index contributed by atoms with van der Waals surface area (Å²) in [5.41, 5.74) is 2.00. The predicted molar refractivity (Wildman–Crippen MR) is 105 cm³/mol. The number of amides is 1. The number of benzene rings is 1. The Morgan fingerprint density at radius 3 is 2.41 bits per heavy atom. The summed E-state index contributed by atoms with van der Waals surface area (Å²) in [5, 5.41) is 9.67. The van der Waals surface area contributed by atoms with Gasteiger partial charge in [-0.25, -0.2) is 4.79 Å². The van der Waals surface area contributed by atoms with E-state index in [9.17, 15) is 9.59 Å². The maximum atomic E-state index is 12.5. The van der Waals surface area contributed by atoms with Crippen molar-refractivity contribution in [1.29, 1.82) is 0 Å². The third-order valence-electron chi connectivity index (χ3n) is 4.49. The quantitative estimate of drug-likeness (QED) is 0.793. The lowest BCUT2D eigenvalue weighted by atomic mass is 10.1. The highest BCUT2D eigenvalue weighted by Gasteiger charge is 2.26. The van der Waals surface area contributed by atoms with Crippen LogP contribution in [0.1, 0.15) is 15.9 Å². The van der Waals surface area contributed by atoms with Crippen molar-refractivity contribution >= 4 is 28.5 Å². The van der Waals surface area contributed by atoms with E-state index in [1.54, 1.807) is 16.7 Å². The van der Waals surface area contributed by atoms with Gasteiger partial charge in [-0.15, -0.1) is 5.10 Å². The molecule has 1 aromatic carbocycles. The van der Waals surface area contributed by atoms with Crippen molar-refractivity contribution in [2.45, 2.75) is 0 Å². The van der Waals surface area contributed by atoms with E-state index < -0.39 is 5.63 Å². The van der Waals surface area contributed by atoms with E-state index in [2.05, 4.69) is 15.1 Å². The van der Waals surface area contributed by atoms with Crippen molar-refractivity contribution < 1.29 is 9.21 Å². The molecular weight excluding hydrogens is 364 g/mol.